The number of hydrogen-bond donors (Lipinski definition) is 2. The largest absolute Gasteiger partial charge is 0.354 e. The number of amides is 1. The van der Waals surface area contributed by atoms with Crippen molar-refractivity contribution in [2.75, 3.05) is 5.32 Å². The molecule has 6 rings (SSSR count). The van der Waals surface area contributed by atoms with Crippen molar-refractivity contribution in [1.29, 1.82) is 0 Å². The Morgan fingerprint density at radius 3 is 2.67 bits per heavy atom. The summed E-state index contributed by atoms with van der Waals surface area (Å²) in [7, 11) is 0. The summed E-state index contributed by atoms with van der Waals surface area (Å²) in [4.78, 5) is 25.2. The molecule has 0 aliphatic rings. The highest BCUT2D eigenvalue weighted by atomic mass is 16.1. The molecule has 0 radical (unpaired) electrons. The number of nitrogens with zero attached hydrogens (tertiary/aromatic N) is 3. The van der Waals surface area contributed by atoms with E-state index in [2.05, 4.69) is 58.0 Å². The molecule has 174 valence electrons. The van der Waals surface area contributed by atoms with Gasteiger partial charge >= 0.3 is 0 Å². The third-order valence-electron chi connectivity index (χ3n) is 6.19. The van der Waals surface area contributed by atoms with Gasteiger partial charge in [0.15, 0.2) is 5.65 Å². The summed E-state index contributed by atoms with van der Waals surface area (Å²) in [6.07, 6.45) is 5.15. The van der Waals surface area contributed by atoms with Crippen LogP contribution >= 0.6 is 0 Å². The summed E-state index contributed by atoms with van der Waals surface area (Å²) < 4.78 is 2.14. The first-order chi connectivity index (χ1) is 17.7. The standard InChI is InChI=1S/C30H23N5O/c1-2-28(36)32-23-13-8-12-21(15-23)27-17-31-30-29(34-27)24(19-35(30)18-20-9-4-3-5-10-20)26-16-22-11-6-7-14-25(22)33-26/h2-17,19,33H,1,18H2,(H,32,36). The fourth-order valence-electron chi connectivity index (χ4n) is 4.46. The normalized spacial score (nSPS) is 11.1. The third-order valence-corrected chi connectivity index (χ3v) is 6.19. The van der Waals surface area contributed by atoms with E-state index in [1.807, 2.05) is 54.6 Å². The minimum Gasteiger partial charge on any atom is -0.354 e. The summed E-state index contributed by atoms with van der Waals surface area (Å²) >= 11 is 0. The van der Waals surface area contributed by atoms with Crippen molar-refractivity contribution < 1.29 is 4.79 Å². The van der Waals surface area contributed by atoms with Crippen LogP contribution in [0.5, 0.6) is 0 Å². The molecule has 3 aromatic carbocycles. The van der Waals surface area contributed by atoms with Crippen LogP contribution in [0.1, 0.15) is 5.56 Å². The lowest BCUT2D eigenvalue weighted by Gasteiger charge is -2.07. The molecular formula is C30H23N5O. The van der Waals surface area contributed by atoms with Gasteiger partial charge in [-0.05, 0) is 35.9 Å². The molecule has 0 atom stereocenters. The van der Waals surface area contributed by atoms with Gasteiger partial charge in [-0.15, -0.1) is 0 Å². The van der Waals surface area contributed by atoms with Gasteiger partial charge in [0.05, 0.1) is 17.6 Å². The first-order valence-corrected chi connectivity index (χ1v) is 11.7. The van der Waals surface area contributed by atoms with Crippen molar-refractivity contribution >= 4 is 33.7 Å². The zero-order valence-electron chi connectivity index (χ0n) is 19.5. The number of benzene rings is 3. The molecule has 0 saturated carbocycles. The van der Waals surface area contributed by atoms with E-state index in [-0.39, 0.29) is 5.91 Å². The lowest BCUT2D eigenvalue weighted by Crippen LogP contribution is -2.07. The fourth-order valence-corrected chi connectivity index (χ4v) is 4.46. The minimum atomic E-state index is -0.257. The number of carbonyl (C=O) groups is 1. The van der Waals surface area contributed by atoms with Gasteiger partial charge < -0.3 is 14.9 Å². The van der Waals surface area contributed by atoms with E-state index in [4.69, 9.17) is 9.97 Å². The van der Waals surface area contributed by atoms with E-state index < -0.39 is 0 Å². The van der Waals surface area contributed by atoms with Crippen LogP contribution in [-0.4, -0.2) is 25.4 Å². The average Bonchev–Trinajstić information content (AvgIpc) is 3.50. The summed E-state index contributed by atoms with van der Waals surface area (Å²) in [6.45, 7) is 4.21. The number of hydrogen-bond acceptors (Lipinski definition) is 3. The Hall–Kier alpha value is -4.97. The van der Waals surface area contributed by atoms with Crippen molar-refractivity contribution in [3.63, 3.8) is 0 Å². The molecule has 0 unspecified atom stereocenters. The van der Waals surface area contributed by atoms with Crippen LogP contribution in [0.15, 0.2) is 110 Å². The molecule has 3 heterocycles. The molecule has 2 N–H and O–H groups in total. The molecule has 0 saturated heterocycles. The number of anilines is 1. The van der Waals surface area contributed by atoms with Crippen LogP contribution < -0.4 is 5.32 Å². The molecule has 6 nitrogen and oxygen atoms in total. The molecule has 6 aromatic rings. The van der Waals surface area contributed by atoms with Gasteiger partial charge in [-0.2, -0.15) is 0 Å². The first-order valence-electron chi connectivity index (χ1n) is 11.7. The Kier molecular flexibility index (Phi) is 5.39. The third kappa shape index (κ3) is 4.05. The minimum absolute atomic E-state index is 0.257. The molecule has 0 bridgehead atoms. The molecule has 0 spiro atoms. The molecule has 0 aliphatic carbocycles. The number of rotatable bonds is 6. The fraction of sp³-hybridized carbons (Fsp3) is 0.0333. The van der Waals surface area contributed by atoms with Gasteiger partial charge in [-0.3, -0.25) is 4.79 Å². The maximum Gasteiger partial charge on any atom is 0.247 e. The number of nitrogens with one attached hydrogen (secondary N) is 2. The Morgan fingerprint density at radius 1 is 1.00 bits per heavy atom. The van der Waals surface area contributed by atoms with Crippen molar-refractivity contribution in [2.45, 2.75) is 6.54 Å². The number of fused-ring (bicyclic) bond motifs is 2. The SMILES string of the molecule is C=CC(=O)Nc1cccc(-c2cnc3c(n2)c(-c2cc4ccccc4[nH]2)cn3Cc2ccccc2)c1. The van der Waals surface area contributed by atoms with E-state index in [1.165, 1.54) is 11.6 Å². The molecule has 0 fully saturated rings. The monoisotopic (exact) mass is 469 g/mol. The van der Waals surface area contributed by atoms with Crippen LogP contribution in [0, 0.1) is 0 Å². The molecule has 36 heavy (non-hydrogen) atoms. The lowest BCUT2D eigenvalue weighted by molar-refractivity contribution is -0.111. The average molecular weight is 470 g/mol. The first kappa shape index (κ1) is 21.6. The van der Waals surface area contributed by atoms with Crippen molar-refractivity contribution in [3.8, 4) is 22.5 Å². The van der Waals surface area contributed by atoms with Crippen LogP contribution in [0.4, 0.5) is 5.69 Å². The van der Waals surface area contributed by atoms with Crippen molar-refractivity contribution in [3.05, 3.63) is 116 Å². The van der Waals surface area contributed by atoms with Gasteiger partial charge in [0.25, 0.3) is 0 Å². The van der Waals surface area contributed by atoms with E-state index in [9.17, 15) is 4.79 Å². The van der Waals surface area contributed by atoms with Gasteiger partial charge in [-0.1, -0.05) is 67.2 Å². The van der Waals surface area contributed by atoms with Crippen LogP contribution in [0.3, 0.4) is 0 Å². The van der Waals surface area contributed by atoms with Crippen molar-refractivity contribution in [2.24, 2.45) is 0 Å². The number of aromatic amines is 1. The second-order valence-electron chi connectivity index (χ2n) is 8.63. The van der Waals surface area contributed by atoms with E-state index in [0.717, 1.165) is 44.6 Å². The predicted octanol–water partition coefficient (Wildman–Crippen LogP) is 6.42. The summed E-state index contributed by atoms with van der Waals surface area (Å²) in [5.41, 5.74) is 8.14. The van der Waals surface area contributed by atoms with Gasteiger partial charge in [-0.25, -0.2) is 9.97 Å². The molecule has 3 aromatic heterocycles. The van der Waals surface area contributed by atoms with Gasteiger partial charge in [0.1, 0.15) is 5.52 Å². The zero-order valence-corrected chi connectivity index (χ0v) is 19.5. The van der Waals surface area contributed by atoms with Crippen molar-refractivity contribution in [1.82, 2.24) is 19.5 Å². The summed E-state index contributed by atoms with van der Waals surface area (Å²) in [5.74, 6) is -0.257. The van der Waals surface area contributed by atoms with Crippen LogP contribution in [0.2, 0.25) is 0 Å². The molecule has 1 amide bonds. The Bertz CT molecular complexity index is 1700. The van der Waals surface area contributed by atoms with Crippen LogP contribution in [0.25, 0.3) is 44.6 Å². The van der Waals surface area contributed by atoms with Gasteiger partial charge in [0.2, 0.25) is 5.91 Å². The Labute approximate surface area is 208 Å². The number of carbonyl (C=O) groups excluding carboxylic acids is 1. The highest BCUT2D eigenvalue weighted by Gasteiger charge is 2.17. The lowest BCUT2D eigenvalue weighted by atomic mass is 10.1. The topological polar surface area (TPSA) is 75.6 Å². The second kappa shape index (κ2) is 9.00. The summed E-state index contributed by atoms with van der Waals surface area (Å²) in [5, 5.41) is 3.95. The zero-order chi connectivity index (χ0) is 24.5. The smallest absolute Gasteiger partial charge is 0.247 e. The molecule has 6 heteroatoms. The maximum absolute atomic E-state index is 11.8. The van der Waals surface area contributed by atoms with E-state index in [1.54, 1.807) is 6.20 Å². The number of aromatic nitrogens is 4. The maximum atomic E-state index is 11.8. The van der Waals surface area contributed by atoms with E-state index >= 15 is 0 Å². The molecule has 0 aliphatic heterocycles. The quantitative estimate of drug-likeness (QED) is 0.276. The summed E-state index contributed by atoms with van der Waals surface area (Å²) in [6, 6.07) is 28.3. The van der Waals surface area contributed by atoms with Crippen LogP contribution in [-0.2, 0) is 11.3 Å². The Balaban J connectivity index is 1.49. The molecular weight excluding hydrogens is 446 g/mol. The highest BCUT2D eigenvalue weighted by molar-refractivity contribution is 5.99. The number of para-hydroxylation sites is 1. The second-order valence-corrected chi connectivity index (χ2v) is 8.63. The predicted molar refractivity (Wildman–Crippen MR) is 145 cm³/mol. The van der Waals surface area contributed by atoms with Gasteiger partial charge in [0, 0.05) is 40.5 Å². The number of H-pyrrole nitrogens is 1. The highest BCUT2D eigenvalue weighted by Crippen LogP contribution is 2.32. The Morgan fingerprint density at radius 2 is 1.83 bits per heavy atom. The van der Waals surface area contributed by atoms with E-state index in [0.29, 0.717) is 12.2 Å².